The van der Waals surface area contributed by atoms with Gasteiger partial charge in [-0.3, -0.25) is 0 Å². The molecule has 0 aliphatic rings. The fourth-order valence-corrected chi connectivity index (χ4v) is 1.92. The lowest BCUT2D eigenvalue weighted by Crippen LogP contribution is -2.38. The monoisotopic (exact) mass is 279 g/mol. The van der Waals surface area contributed by atoms with Crippen LogP contribution in [0.15, 0.2) is 30.5 Å². The van der Waals surface area contributed by atoms with Crippen LogP contribution in [0.3, 0.4) is 0 Å². The van der Waals surface area contributed by atoms with E-state index in [2.05, 4.69) is 15.5 Å². The van der Waals surface area contributed by atoms with Gasteiger partial charge >= 0.3 is 0 Å². The average Bonchev–Trinajstić information content (AvgIpc) is 2.35. The van der Waals surface area contributed by atoms with Crippen LogP contribution in [-0.2, 0) is 9.84 Å². The number of nitrogens with one attached hydrogen (secondary N) is 1. The number of hydrogen-bond acceptors (Lipinski definition) is 5. The van der Waals surface area contributed by atoms with Gasteiger partial charge in [0.15, 0.2) is 15.7 Å². The summed E-state index contributed by atoms with van der Waals surface area (Å²) >= 11 is 0. The normalized spacial score (nSPS) is 12.6. The van der Waals surface area contributed by atoms with E-state index in [9.17, 15) is 8.42 Å². The number of benzene rings is 1. The molecule has 0 saturated carbocycles. The predicted molar refractivity (Wildman–Crippen MR) is 77.0 cm³/mol. The minimum absolute atomic E-state index is 0.286. The van der Waals surface area contributed by atoms with Gasteiger partial charge in [0.25, 0.3) is 0 Å². The van der Waals surface area contributed by atoms with Crippen LogP contribution < -0.4 is 5.32 Å². The van der Waals surface area contributed by atoms with Crippen LogP contribution in [0, 0.1) is 0 Å². The molecule has 0 bridgehead atoms. The van der Waals surface area contributed by atoms with Crippen molar-refractivity contribution in [1.29, 1.82) is 0 Å². The van der Waals surface area contributed by atoms with Gasteiger partial charge in [0.2, 0.25) is 0 Å². The third-order valence-corrected chi connectivity index (χ3v) is 5.41. The largest absolute Gasteiger partial charge is 0.366 e. The smallest absolute Gasteiger partial charge is 0.156 e. The van der Waals surface area contributed by atoms with Crippen molar-refractivity contribution in [3.05, 3.63) is 30.5 Å². The topological polar surface area (TPSA) is 72.0 Å². The zero-order valence-corrected chi connectivity index (χ0v) is 12.0. The highest BCUT2D eigenvalue weighted by atomic mass is 32.2. The molecule has 0 spiro atoms. The summed E-state index contributed by atoms with van der Waals surface area (Å²) in [6.45, 7) is 3.66. The standard InChI is InChI=1S/C13H17N3O2S/c1-13(2,19(3,17)18)9-14-12-11-7-5-4-6-10(11)8-15-16-12/h4-8H,9H2,1-3H3,(H,14,16). The molecule has 0 unspecified atom stereocenters. The molecule has 2 aromatic rings. The quantitative estimate of drug-likeness (QED) is 0.925. The summed E-state index contributed by atoms with van der Waals surface area (Å²) in [5, 5.41) is 12.9. The highest BCUT2D eigenvalue weighted by molar-refractivity contribution is 7.92. The zero-order chi connectivity index (χ0) is 14.1. The van der Waals surface area contributed by atoms with Crippen LogP contribution >= 0.6 is 0 Å². The van der Waals surface area contributed by atoms with Crippen molar-refractivity contribution < 1.29 is 8.42 Å². The van der Waals surface area contributed by atoms with Gasteiger partial charge < -0.3 is 5.32 Å². The molecule has 6 heteroatoms. The van der Waals surface area contributed by atoms with Crippen LogP contribution in [0.1, 0.15) is 13.8 Å². The number of fused-ring (bicyclic) bond motifs is 1. The minimum atomic E-state index is -3.14. The lowest BCUT2D eigenvalue weighted by molar-refractivity contribution is 0.559. The molecule has 102 valence electrons. The van der Waals surface area contributed by atoms with E-state index in [4.69, 9.17) is 0 Å². The molecule has 2 rings (SSSR count). The summed E-state index contributed by atoms with van der Waals surface area (Å²) in [5.74, 6) is 0.606. The van der Waals surface area contributed by atoms with Crippen LogP contribution in [0.2, 0.25) is 0 Å². The van der Waals surface area contributed by atoms with E-state index >= 15 is 0 Å². The number of nitrogens with zero attached hydrogens (tertiary/aromatic N) is 2. The summed E-state index contributed by atoms with van der Waals surface area (Å²) in [5.41, 5.74) is 0. The number of aromatic nitrogens is 2. The fraction of sp³-hybridized carbons (Fsp3) is 0.385. The number of rotatable bonds is 4. The molecule has 1 aromatic heterocycles. The van der Waals surface area contributed by atoms with Crippen molar-refractivity contribution in [2.75, 3.05) is 18.1 Å². The Kier molecular flexibility index (Phi) is 3.45. The van der Waals surface area contributed by atoms with Crippen LogP contribution in [0.5, 0.6) is 0 Å². The molecular formula is C13H17N3O2S. The summed E-state index contributed by atoms with van der Waals surface area (Å²) in [7, 11) is -3.14. The third kappa shape index (κ3) is 2.84. The highest BCUT2D eigenvalue weighted by Gasteiger charge is 2.30. The second kappa shape index (κ2) is 4.77. The Morgan fingerprint density at radius 2 is 1.95 bits per heavy atom. The summed E-state index contributed by atoms with van der Waals surface area (Å²) in [4.78, 5) is 0. The van der Waals surface area contributed by atoms with E-state index in [1.54, 1.807) is 20.0 Å². The molecule has 0 amide bonds. The van der Waals surface area contributed by atoms with Crippen molar-refractivity contribution in [1.82, 2.24) is 10.2 Å². The molecule has 5 nitrogen and oxygen atoms in total. The number of anilines is 1. The Bertz CT molecular complexity index is 691. The summed E-state index contributed by atoms with van der Waals surface area (Å²) in [6, 6.07) is 7.71. The third-order valence-electron chi connectivity index (χ3n) is 3.26. The van der Waals surface area contributed by atoms with Crippen LogP contribution in [-0.4, -0.2) is 36.2 Å². The van der Waals surface area contributed by atoms with Crippen LogP contribution in [0.4, 0.5) is 5.82 Å². The van der Waals surface area contributed by atoms with E-state index in [1.165, 1.54) is 6.26 Å². The molecule has 1 N–H and O–H groups in total. The summed E-state index contributed by atoms with van der Waals surface area (Å²) in [6.07, 6.45) is 2.92. The lowest BCUT2D eigenvalue weighted by atomic mass is 10.1. The second-order valence-corrected chi connectivity index (χ2v) is 7.82. The number of sulfone groups is 1. The van der Waals surface area contributed by atoms with Crippen molar-refractivity contribution in [3.63, 3.8) is 0 Å². The van der Waals surface area contributed by atoms with Gasteiger partial charge in [-0.2, -0.15) is 5.10 Å². The van der Waals surface area contributed by atoms with Gasteiger partial charge in [0, 0.05) is 23.6 Å². The molecule has 0 fully saturated rings. The van der Waals surface area contributed by atoms with E-state index in [-0.39, 0.29) is 6.54 Å². The van der Waals surface area contributed by atoms with Crippen LogP contribution in [0.25, 0.3) is 10.8 Å². The Morgan fingerprint density at radius 3 is 2.63 bits per heavy atom. The van der Waals surface area contributed by atoms with E-state index in [0.29, 0.717) is 5.82 Å². The van der Waals surface area contributed by atoms with Crippen molar-refractivity contribution in [2.45, 2.75) is 18.6 Å². The lowest BCUT2D eigenvalue weighted by Gasteiger charge is -2.23. The van der Waals surface area contributed by atoms with Gasteiger partial charge in [-0.05, 0) is 13.8 Å². The first-order valence-corrected chi connectivity index (χ1v) is 7.84. The first-order chi connectivity index (χ1) is 8.81. The maximum absolute atomic E-state index is 11.7. The predicted octanol–water partition coefficient (Wildman–Crippen LogP) is 1.86. The van der Waals surface area contributed by atoms with E-state index in [0.717, 1.165) is 10.8 Å². The Balaban J connectivity index is 2.28. The maximum Gasteiger partial charge on any atom is 0.156 e. The Hall–Kier alpha value is -1.69. The molecule has 0 aliphatic heterocycles. The van der Waals surface area contributed by atoms with Crippen molar-refractivity contribution >= 4 is 26.4 Å². The highest BCUT2D eigenvalue weighted by Crippen LogP contribution is 2.21. The molecular weight excluding hydrogens is 262 g/mol. The van der Waals surface area contributed by atoms with Gasteiger partial charge in [-0.1, -0.05) is 24.3 Å². The Morgan fingerprint density at radius 1 is 1.26 bits per heavy atom. The minimum Gasteiger partial charge on any atom is -0.366 e. The van der Waals surface area contributed by atoms with Gasteiger partial charge in [-0.15, -0.1) is 5.10 Å². The first kappa shape index (κ1) is 13.7. The van der Waals surface area contributed by atoms with Crippen molar-refractivity contribution in [2.24, 2.45) is 0 Å². The first-order valence-electron chi connectivity index (χ1n) is 5.95. The fourth-order valence-electron chi connectivity index (χ4n) is 1.59. The molecule has 0 atom stereocenters. The van der Waals surface area contributed by atoms with E-state index < -0.39 is 14.6 Å². The average molecular weight is 279 g/mol. The molecule has 19 heavy (non-hydrogen) atoms. The summed E-state index contributed by atoms with van der Waals surface area (Å²) < 4.78 is 22.5. The Labute approximate surface area is 113 Å². The maximum atomic E-state index is 11.7. The van der Waals surface area contributed by atoms with Crippen molar-refractivity contribution in [3.8, 4) is 0 Å². The SMILES string of the molecule is CC(C)(CNc1nncc2ccccc12)S(C)(=O)=O. The molecule has 0 saturated heterocycles. The zero-order valence-electron chi connectivity index (χ0n) is 11.2. The van der Waals surface area contributed by atoms with E-state index in [1.807, 2.05) is 24.3 Å². The van der Waals surface area contributed by atoms with Gasteiger partial charge in [0.05, 0.1) is 10.9 Å². The number of hydrogen-bond donors (Lipinski definition) is 1. The molecule has 1 aromatic carbocycles. The van der Waals surface area contributed by atoms with Gasteiger partial charge in [0.1, 0.15) is 0 Å². The molecule has 1 heterocycles. The van der Waals surface area contributed by atoms with Gasteiger partial charge in [-0.25, -0.2) is 8.42 Å². The molecule has 0 radical (unpaired) electrons. The molecule has 0 aliphatic carbocycles. The second-order valence-electron chi connectivity index (χ2n) is 5.17.